The van der Waals surface area contributed by atoms with Crippen molar-refractivity contribution in [3.05, 3.63) is 59.2 Å². The van der Waals surface area contributed by atoms with Gasteiger partial charge in [0, 0.05) is 6.42 Å². The molecule has 32 heavy (non-hydrogen) atoms. The molecule has 2 aromatic heterocycles. The first kappa shape index (κ1) is 21.5. The maximum absolute atomic E-state index is 13.7. The molecule has 8 nitrogen and oxygen atoms in total. The van der Waals surface area contributed by atoms with Crippen LogP contribution in [0.25, 0.3) is 5.69 Å². The minimum absolute atomic E-state index is 0.00274. The van der Waals surface area contributed by atoms with Gasteiger partial charge in [0.05, 0.1) is 46.3 Å². The summed E-state index contributed by atoms with van der Waals surface area (Å²) < 4.78 is 42.2. The zero-order valence-corrected chi connectivity index (χ0v) is 17.2. The molecule has 1 aliphatic rings. The molecular formula is C21H19F3N6O2. The molecule has 3 N–H and O–H groups in total. The molecule has 0 fully saturated rings. The van der Waals surface area contributed by atoms with Crippen molar-refractivity contribution < 1.29 is 22.8 Å². The Bertz CT molecular complexity index is 1220. The second-order valence-electron chi connectivity index (χ2n) is 8.37. The Kier molecular flexibility index (Phi) is 4.99. The number of rotatable bonds is 4. The van der Waals surface area contributed by atoms with Crippen molar-refractivity contribution >= 4 is 23.1 Å². The smallest absolute Gasteiger partial charge is 0.366 e. The van der Waals surface area contributed by atoms with Crippen molar-refractivity contribution in [2.75, 3.05) is 5.32 Å². The average Bonchev–Trinajstić information content (AvgIpc) is 3.07. The quantitative estimate of drug-likeness (QED) is 0.634. The molecular weight excluding hydrogens is 425 g/mol. The molecule has 0 spiro atoms. The number of amides is 1. The van der Waals surface area contributed by atoms with Gasteiger partial charge in [-0.3, -0.25) is 9.59 Å². The van der Waals surface area contributed by atoms with Crippen LogP contribution in [0, 0.1) is 5.41 Å². The summed E-state index contributed by atoms with van der Waals surface area (Å²) in [6, 6.07) is 5.89. The Hall–Kier alpha value is -3.76. The Labute approximate surface area is 180 Å². The molecule has 2 heterocycles. The minimum Gasteiger partial charge on any atom is -0.366 e. The number of hydrogen-bond acceptors (Lipinski definition) is 6. The Morgan fingerprint density at radius 2 is 1.94 bits per heavy atom. The van der Waals surface area contributed by atoms with Crippen LogP contribution in [-0.4, -0.2) is 31.7 Å². The lowest BCUT2D eigenvalue weighted by atomic mass is 9.75. The third kappa shape index (κ3) is 3.93. The highest BCUT2D eigenvalue weighted by molar-refractivity contribution is 6.01. The van der Waals surface area contributed by atoms with Crippen LogP contribution in [0.15, 0.2) is 36.7 Å². The van der Waals surface area contributed by atoms with Crippen molar-refractivity contribution in [2.24, 2.45) is 11.1 Å². The van der Waals surface area contributed by atoms with E-state index in [4.69, 9.17) is 5.73 Å². The molecule has 0 saturated heterocycles. The first-order chi connectivity index (χ1) is 15.0. The largest absolute Gasteiger partial charge is 0.435 e. The molecule has 1 amide bonds. The van der Waals surface area contributed by atoms with Crippen molar-refractivity contribution in [2.45, 2.75) is 32.9 Å². The number of benzene rings is 1. The molecule has 1 aromatic carbocycles. The third-order valence-electron chi connectivity index (χ3n) is 5.19. The minimum atomic E-state index is -4.79. The summed E-state index contributed by atoms with van der Waals surface area (Å²) in [6.07, 6.45) is -1.72. The fourth-order valence-corrected chi connectivity index (χ4v) is 3.86. The van der Waals surface area contributed by atoms with Gasteiger partial charge in [-0.05, 0) is 36.1 Å². The van der Waals surface area contributed by atoms with Gasteiger partial charge in [-0.15, -0.1) is 0 Å². The van der Waals surface area contributed by atoms with Gasteiger partial charge in [0.15, 0.2) is 11.5 Å². The summed E-state index contributed by atoms with van der Waals surface area (Å²) in [6.45, 7) is 3.64. The van der Waals surface area contributed by atoms with E-state index < -0.39 is 34.5 Å². The zero-order chi connectivity index (χ0) is 23.3. The first-order valence-corrected chi connectivity index (χ1v) is 9.66. The van der Waals surface area contributed by atoms with E-state index >= 15 is 0 Å². The summed E-state index contributed by atoms with van der Waals surface area (Å²) in [5, 5.41) is 14.2. The molecule has 0 atom stereocenters. The highest BCUT2D eigenvalue weighted by atomic mass is 19.4. The monoisotopic (exact) mass is 444 g/mol. The number of alkyl halides is 3. The predicted molar refractivity (Wildman–Crippen MR) is 109 cm³/mol. The van der Waals surface area contributed by atoms with Crippen molar-refractivity contribution in [3.63, 3.8) is 0 Å². The zero-order valence-electron chi connectivity index (χ0n) is 17.2. The number of hydrogen-bond donors (Lipinski definition) is 2. The number of anilines is 2. The molecule has 0 saturated carbocycles. The van der Waals surface area contributed by atoms with E-state index in [0.29, 0.717) is 5.69 Å². The SMILES string of the molecule is CC1(C)CC(=O)c2c(C(F)(F)F)nn(-c3ccc(C(N)=O)c(Nc4ccnnc4)c3)c2C1. The lowest BCUT2D eigenvalue weighted by Gasteiger charge is -2.29. The maximum Gasteiger partial charge on any atom is 0.435 e. The van der Waals surface area contributed by atoms with Crippen LogP contribution < -0.4 is 11.1 Å². The Morgan fingerprint density at radius 3 is 2.56 bits per heavy atom. The number of carbonyl (C=O) groups excluding carboxylic acids is 2. The Balaban J connectivity index is 1.89. The van der Waals surface area contributed by atoms with E-state index in [-0.39, 0.29) is 35.5 Å². The van der Waals surface area contributed by atoms with Crippen LogP contribution in [0.4, 0.5) is 24.5 Å². The van der Waals surface area contributed by atoms with Gasteiger partial charge in [-0.25, -0.2) is 4.68 Å². The van der Waals surface area contributed by atoms with E-state index in [1.165, 1.54) is 30.6 Å². The van der Waals surface area contributed by atoms with Crippen LogP contribution in [0.1, 0.15) is 52.4 Å². The van der Waals surface area contributed by atoms with Crippen LogP contribution in [0.2, 0.25) is 0 Å². The van der Waals surface area contributed by atoms with E-state index in [9.17, 15) is 22.8 Å². The van der Waals surface area contributed by atoms with E-state index in [1.54, 1.807) is 6.07 Å². The third-order valence-corrected chi connectivity index (χ3v) is 5.19. The summed E-state index contributed by atoms with van der Waals surface area (Å²) in [5.41, 5.74) is 4.63. The molecule has 4 rings (SSSR count). The summed E-state index contributed by atoms with van der Waals surface area (Å²) in [4.78, 5) is 24.5. The molecule has 166 valence electrons. The van der Waals surface area contributed by atoms with Crippen molar-refractivity contribution in [1.82, 2.24) is 20.0 Å². The number of fused-ring (bicyclic) bond motifs is 1. The van der Waals surface area contributed by atoms with Gasteiger partial charge >= 0.3 is 6.18 Å². The fraction of sp³-hybridized carbons (Fsp3) is 0.286. The number of carbonyl (C=O) groups is 2. The Morgan fingerprint density at radius 1 is 1.19 bits per heavy atom. The van der Waals surface area contributed by atoms with Crippen LogP contribution in [-0.2, 0) is 12.6 Å². The van der Waals surface area contributed by atoms with E-state index in [0.717, 1.165) is 4.68 Å². The number of nitrogens with one attached hydrogen (secondary N) is 1. The number of nitrogens with two attached hydrogens (primary N) is 1. The number of nitrogens with zero attached hydrogens (tertiary/aromatic N) is 4. The number of aromatic nitrogens is 4. The van der Waals surface area contributed by atoms with Crippen molar-refractivity contribution in [3.8, 4) is 5.69 Å². The van der Waals surface area contributed by atoms with Gasteiger partial charge in [-0.2, -0.15) is 28.5 Å². The number of ketones is 1. The highest BCUT2D eigenvalue weighted by Gasteiger charge is 2.45. The molecule has 0 unspecified atom stereocenters. The second-order valence-corrected chi connectivity index (χ2v) is 8.37. The maximum atomic E-state index is 13.7. The van der Waals surface area contributed by atoms with Gasteiger partial charge in [-0.1, -0.05) is 13.8 Å². The topological polar surface area (TPSA) is 116 Å². The van der Waals surface area contributed by atoms with Crippen LogP contribution >= 0.6 is 0 Å². The standard InChI is InChI=1S/C21H19F3N6O2/c1-20(2)8-15-17(16(31)9-20)18(21(22,23)24)29-30(15)12-3-4-13(19(25)32)14(7-12)28-11-5-6-26-27-10-11/h3-7,10H,8-9H2,1-2H3,(H2,25,32)(H,26,28). The second kappa shape index (κ2) is 7.43. The molecule has 0 radical (unpaired) electrons. The van der Waals surface area contributed by atoms with Crippen LogP contribution in [0.5, 0.6) is 0 Å². The van der Waals surface area contributed by atoms with Crippen LogP contribution in [0.3, 0.4) is 0 Å². The fourth-order valence-electron chi connectivity index (χ4n) is 3.86. The number of primary amides is 1. The summed E-state index contributed by atoms with van der Waals surface area (Å²) in [5.74, 6) is -1.32. The summed E-state index contributed by atoms with van der Waals surface area (Å²) in [7, 11) is 0. The lowest BCUT2D eigenvalue weighted by Crippen LogP contribution is -2.29. The number of Topliss-reactive ketones (excluding diaryl/α,β-unsaturated/α-hetero) is 1. The van der Waals surface area contributed by atoms with Crippen molar-refractivity contribution in [1.29, 1.82) is 0 Å². The molecule has 1 aliphatic carbocycles. The van der Waals surface area contributed by atoms with E-state index in [1.807, 2.05) is 13.8 Å². The molecule has 0 aliphatic heterocycles. The van der Waals surface area contributed by atoms with E-state index in [2.05, 4.69) is 20.6 Å². The number of halogens is 3. The molecule has 11 heteroatoms. The van der Waals surface area contributed by atoms with Gasteiger partial charge in [0.2, 0.25) is 0 Å². The van der Waals surface area contributed by atoms with Gasteiger partial charge in [0.25, 0.3) is 5.91 Å². The summed E-state index contributed by atoms with van der Waals surface area (Å²) >= 11 is 0. The average molecular weight is 444 g/mol. The first-order valence-electron chi connectivity index (χ1n) is 9.66. The van der Waals surface area contributed by atoms with Gasteiger partial charge in [0.1, 0.15) is 0 Å². The van der Waals surface area contributed by atoms with Gasteiger partial charge < -0.3 is 11.1 Å². The predicted octanol–water partition coefficient (Wildman–Crippen LogP) is 3.68. The molecule has 3 aromatic rings. The molecule has 0 bridgehead atoms. The highest BCUT2D eigenvalue weighted by Crippen LogP contribution is 2.42. The lowest BCUT2D eigenvalue weighted by molar-refractivity contribution is -0.141. The normalized spacial score (nSPS) is 15.3.